The van der Waals surface area contributed by atoms with Crippen LogP contribution in [0.15, 0.2) is 49.1 Å². The van der Waals surface area contributed by atoms with Gasteiger partial charge in [0.1, 0.15) is 0 Å². The van der Waals surface area contributed by atoms with E-state index in [4.69, 9.17) is 4.98 Å². The first-order valence-corrected chi connectivity index (χ1v) is 12.9. The van der Waals surface area contributed by atoms with Gasteiger partial charge in [-0.2, -0.15) is 5.10 Å². The number of aromatic nitrogens is 7. The first-order chi connectivity index (χ1) is 18.2. The first-order valence-electron chi connectivity index (χ1n) is 12.9. The van der Waals surface area contributed by atoms with E-state index in [1.165, 1.54) is 5.56 Å². The van der Waals surface area contributed by atoms with E-state index in [1.807, 2.05) is 40.1 Å². The molecule has 0 radical (unpaired) electrons. The predicted molar refractivity (Wildman–Crippen MR) is 145 cm³/mol. The molecule has 11 heteroatoms. The average Bonchev–Trinajstić information content (AvgIpc) is 3.51. The Bertz CT molecular complexity index is 1430. The van der Waals surface area contributed by atoms with Gasteiger partial charge in [-0.3, -0.25) is 14.4 Å². The van der Waals surface area contributed by atoms with Crippen LogP contribution < -0.4 is 10.6 Å². The summed E-state index contributed by atoms with van der Waals surface area (Å²) < 4.78 is 3.44. The number of fused-ring (bicyclic) bond motifs is 1. The molecule has 198 valence electrons. The Morgan fingerprint density at radius 2 is 2.03 bits per heavy atom. The van der Waals surface area contributed by atoms with Crippen molar-refractivity contribution in [3.8, 4) is 11.3 Å². The number of carbonyl (C=O) groups is 1. The summed E-state index contributed by atoms with van der Waals surface area (Å²) >= 11 is 0. The molecule has 1 aromatic carbocycles. The van der Waals surface area contributed by atoms with Gasteiger partial charge in [-0.05, 0) is 57.0 Å². The molecule has 1 amide bonds. The molecule has 4 heterocycles. The topological polar surface area (TPSA) is 119 Å². The van der Waals surface area contributed by atoms with Crippen molar-refractivity contribution in [3.05, 3.63) is 65.9 Å². The second-order valence-electron chi connectivity index (χ2n) is 10.6. The largest absolute Gasteiger partial charge is 0.344 e. The van der Waals surface area contributed by atoms with Crippen LogP contribution in [0.3, 0.4) is 0 Å². The third-order valence-electron chi connectivity index (χ3n) is 6.72. The van der Waals surface area contributed by atoms with Gasteiger partial charge in [0, 0.05) is 38.1 Å². The maximum absolute atomic E-state index is 13.1. The summed E-state index contributed by atoms with van der Waals surface area (Å²) in [6.45, 7) is 10.8. The molecule has 0 aliphatic carbocycles. The number of rotatable bonds is 6. The van der Waals surface area contributed by atoms with E-state index in [2.05, 4.69) is 61.1 Å². The minimum absolute atomic E-state index is 0.129. The highest BCUT2D eigenvalue weighted by atomic mass is 16.2. The third kappa shape index (κ3) is 5.57. The van der Waals surface area contributed by atoms with Crippen molar-refractivity contribution in [3.63, 3.8) is 0 Å². The van der Waals surface area contributed by atoms with Crippen molar-refractivity contribution in [2.45, 2.75) is 52.2 Å². The molecule has 0 bridgehead atoms. The van der Waals surface area contributed by atoms with Gasteiger partial charge in [0.05, 0.1) is 35.4 Å². The summed E-state index contributed by atoms with van der Waals surface area (Å²) in [5.74, 6) is 0.293. The molecular formula is C27H34N10O. The Hall–Kier alpha value is -4.12. The number of carbonyl (C=O) groups excluding carboxylic acids is 1. The number of nitrogens with zero attached hydrogens (tertiary/aromatic N) is 8. The Labute approximate surface area is 222 Å². The van der Waals surface area contributed by atoms with Crippen molar-refractivity contribution in [2.24, 2.45) is 7.05 Å². The highest BCUT2D eigenvalue weighted by molar-refractivity contribution is 5.92. The fourth-order valence-electron chi connectivity index (χ4n) is 4.57. The normalized spacial score (nSPS) is 16.1. The average molecular weight is 515 g/mol. The minimum Gasteiger partial charge on any atom is -0.344 e. The van der Waals surface area contributed by atoms with Gasteiger partial charge >= 0.3 is 0 Å². The fraction of sp³-hybridized carbons (Fsp3) is 0.407. The number of aryl methyl sites for hydroxylation is 1. The highest BCUT2D eigenvalue weighted by Gasteiger charge is 2.26. The molecule has 5 rings (SSSR count). The molecular weight excluding hydrogens is 480 g/mol. The van der Waals surface area contributed by atoms with Crippen molar-refractivity contribution in [1.82, 2.24) is 45.0 Å². The van der Waals surface area contributed by atoms with E-state index in [0.717, 1.165) is 48.6 Å². The van der Waals surface area contributed by atoms with E-state index in [-0.39, 0.29) is 17.5 Å². The van der Waals surface area contributed by atoms with E-state index in [9.17, 15) is 4.79 Å². The lowest BCUT2D eigenvalue weighted by Crippen LogP contribution is -2.30. The van der Waals surface area contributed by atoms with Crippen molar-refractivity contribution < 1.29 is 4.79 Å². The first kappa shape index (κ1) is 25.5. The Morgan fingerprint density at radius 3 is 2.74 bits per heavy atom. The lowest BCUT2D eigenvalue weighted by atomic mass is 9.96. The SMILES string of the molecule is CCN1CCC(NC(=O)c2cn(C(C)(C)C)nn2)c2ccc(-c3ccnc(Nc4cnn(C)c4)n3)cc2C1. The molecule has 4 aromatic rings. The quantitative estimate of drug-likeness (QED) is 0.400. The molecule has 1 unspecified atom stereocenters. The van der Waals surface area contributed by atoms with Gasteiger partial charge in [-0.25, -0.2) is 14.6 Å². The summed E-state index contributed by atoms with van der Waals surface area (Å²) in [6, 6.07) is 8.12. The number of hydrogen-bond acceptors (Lipinski definition) is 8. The zero-order chi connectivity index (χ0) is 26.9. The number of benzene rings is 1. The molecule has 1 aliphatic rings. The van der Waals surface area contributed by atoms with Crippen LogP contribution in [0.1, 0.15) is 61.8 Å². The predicted octanol–water partition coefficient (Wildman–Crippen LogP) is 3.66. The van der Waals surface area contributed by atoms with Gasteiger partial charge in [-0.15, -0.1) is 5.10 Å². The molecule has 0 saturated carbocycles. The van der Waals surface area contributed by atoms with Crippen LogP contribution in [0.5, 0.6) is 0 Å². The second-order valence-corrected chi connectivity index (χ2v) is 10.6. The summed E-state index contributed by atoms with van der Waals surface area (Å²) in [6.07, 6.45) is 7.87. The highest BCUT2D eigenvalue weighted by Crippen LogP contribution is 2.31. The van der Waals surface area contributed by atoms with Gasteiger partial charge in [-0.1, -0.05) is 24.3 Å². The van der Waals surface area contributed by atoms with Crippen LogP contribution in [0.2, 0.25) is 0 Å². The summed E-state index contributed by atoms with van der Waals surface area (Å²) in [5.41, 5.74) is 5.01. The van der Waals surface area contributed by atoms with Crippen molar-refractivity contribution >= 4 is 17.5 Å². The van der Waals surface area contributed by atoms with Crippen molar-refractivity contribution in [1.29, 1.82) is 0 Å². The number of nitrogens with one attached hydrogen (secondary N) is 2. The third-order valence-corrected chi connectivity index (χ3v) is 6.72. The van der Waals surface area contributed by atoms with Crippen LogP contribution in [0.4, 0.5) is 11.6 Å². The zero-order valence-electron chi connectivity index (χ0n) is 22.5. The number of amides is 1. The molecule has 2 N–H and O–H groups in total. The fourth-order valence-corrected chi connectivity index (χ4v) is 4.57. The smallest absolute Gasteiger partial charge is 0.273 e. The molecule has 1 aliphatic heterocycles. The molecule has 0 spiro atoms. The molecule has 38 heavy (non-hydrogen) atoms. The van der Waals surface area contributed by atoms with Crippen LogP contribution in [0, 0.1) is 0 Å². The van der Waals surface area contributed by atoms with E-state index in [1.54, 1.807) is 28.0 Å². The van der Waals surface area contributed by atoms with Gasteiger partial charge in [0.25, 0.3) is 5.91 Å². The van der Waals surface area contributed by atoms with Crippen LogP contribution in [0.25, 0.3) is 11.3 Å². The molecule has 0 fully saturated rings. The lowest BCUT2D eigenvalue weighted by molar-refractivity contribution is 0.0928. The van der Waals surface area contributed by atoms with Crippen LogP contribution >= 0.6 is 0 Å². The molecule has 0 saturated heterocycles. The van der Waals surface area contributed by atoms with Gasteiger partial charge in [0.15, 0.2) is 5.69 Å². The molecule has 11 nitrogen and oxygen atoms in total. The summed E-state index contributed by atoms with van der Waals surface area (Å²) in [7, 11) is 1.86. The standard InChI is InChI=1S/C27H34N10O/c1-6-36-12-10-23(31-25(38)24-17-37(34-33-24)27(2,3)4)21-8-7-18(13-19(21)15-36)22-9-11-28-26(32-22)30-20-14-29-35(5)16-20/h7-9,11,13-14,16-17,23H,6,10,12,15H2,1-5H3,(H,31,38)(H,28,30,32). The van der Waals surface area contributed by atoms with Gasteiger partial charge in [0.2, 0.25) is 5.95 Å². The number of hydrogen-bond donors (Lipinski definition) is 2. The van der Waals surface area contributed by atoms with E-state index in [0.29, 0.717) is 11.6 Å². The second kappa shape index (κ2) is 10.3. The van der Waals surface area contributed by atoms with E-state index < -0.39 is 0 Å². The van der Waals surface area contributed by atoms with Crippen molar-refractivity contribution in [2.75, 3.05) is 18.4 Å². The van der Waals surface area contributed by atoms with Crippen LogP contribution in [-0.4, -0.2) is 58.6 Å². The molecule has 1 atom stereocenters. The maximum Gasteiger partial charge on any atom is 0.273 e. The Morgan fingerprint density at radius 1 is 1.18 bits per heavy atom. The van der Waals surface area contributed by atoms with E-state index >= 15 is 0 Å². The Kier molecular flexibility index (Phi) is 6.94. The lowest BCUT2D eigenvalue weighted by Gasteiger charge is -2.19. The summed E-state index contributed by atoms with van der Waals surface area (Å²) in [4.78, 5) is 24.6. The minimum atomic E-state index is -0.243. The Balaban J connectivity index is 1.40. The van der Waals surface area contributed by atoms with Crippen LogP contribution in [-0.2, 0) is 19.1 Å². The molecule has 3 aromatic heterocycles. The monoisotopic (exact) mass is 514 g/mol. The maximum atomic E-state index is 13.1. The zero-order valence-corrected chi connectivity index (χ0v) is 22.5. The van der Waals surface area contributed by atoms with Gasteiger partial charge < -0.3 is 10.6 Å². The summed E-state index contributed by atoms with van der Waals surface area (Å²) in [5, 5.41) is 18.9. The number of anilines is 2.